The average molecular weight is 366 g/mol. The zero-order valence-electron chi connectivity index (χ0n) is 13.7. The van der Waals surface area contributed by atoms with Crippen LogP contribution in [0, 0.1) is 27.4 Å². The summed E-state index contributed by atoms with van der Waals surface area (Å²) < 4.78 is 5.37. The molecule has 4 aliphatic rings. The summed E-state index contributed by atoms with van der Waals surface area (Å²) in [6, 6.07) is 3.92. The Morgan fingerprint density at radius 2 is 2.00 bits per heavy atom. The van der Waals surface area contributed by atoms with Crippen LogP contribution in [0.4, 0.5) is 5.69 Å². The van der Waals surface area contributed by atoms with Crippen molar-refractivity contribution in [3.05, 3.63) is 33.3 Å². The van der Waals surface area contributed by atoms with Gasteiger partial charge in [-0.3, -0.25) is 14.9 Å². The highest BCUT2D eigenvalue weighted by Gasteiger charge is 2.57. The highest BCUT2D eigenvalue weighted by molar-refractivity contribution is 6.32. The number of aliphatic hydroxyl groups is 1. The minimum Gasteiger partial charge on any atom is -0.426 e. The van der Waals surface area contributed by atoms with E-state index in [1.54, 1.807) is 0 Å². The van der Waals surface area contributed by atoms with E-state index in [9.17, 15) is 20.0 Å². The third-order valence-electron chi connectivity index (χ3n) is 6.02. The minimum absolute atomic E-state index is 0.0561. The number of halogens is 1. The molecule has 0 saturated heterocycles. The van der Waals surface area contributed by atoms with Gasteiger partial charge in [0.25, 0.3) is 5.69 Å². The van der Waals surface area contributed by atoms with Gasteiger partial charge in [-0.2, -0.15) is 0 Å². The number of rotatable bonds is 4. The maximum atomic E-state index is 12.5. The van der Waals surface area contributed by atoms with Gasteiger partial charge in [0.1, 0.15) is 10.8 Å². The van der Waals surface area contributed by atoms with E-state index < -0.39 is 10.5 Å². The molecule has 0 aliphatic heterocycles. The fourth-order valence-corrected chi connectivity index (χ4v) is 6.02. The highest BCUT2D eigenvalue weighted by Crippen LogP contribution is 2.62. The first kappa shape index (κ1) is 16.8. The lowest BCUT2D eigenvalue weighted by Crippen LogP contribution is -2.56. The Morgan fingerprint density at radius 3 is 2.56 bits per heavy atom. The lowest BCUT2D eigenvalue weighted by Gasteiger charge is -2.60. The fraction of sp³-hybridized carbons (Fsp3) is 0.611. The van der Waals surface area contributed by atoms with Crippen LogP contribution in [0.3, 0.4) is 0 Å². The van der Waals surface area contributed by atoms with Gasteiger partial charge >= 0.3 is 5.97 Å². The molecule has 0 radical (unpaired) electrons. The van der Waals surface area contributed by atoms with Crippen LogP contribution in [0.25, 0.3) is 0 Å². The smallest absolute Gasteiger partial charge is 0.311 e. The predicted molar refractivity (Wildman–Crippen MR) is 90.4 cm³/mol. The van der Waals surface area contributed by atoms with Gasteiger partial charge in [-0.05, 0) is 61.8 Å². The lowest BCUT2D eigenvalue weighted by atomic mass is 9.47. The molecule has 4 aliphatic carbocycles. The van der Waals surface area contributed by atoms with Crippen LogP contribution in [0.5, 0.6) is 5.75 Å². The normalized spacial score (nSPS) is 35.6. The van der Waals surface area contributed by atoms with E-state index in [-0.39, 0.29) is 34.3 Å². The number of carbonyl (C=O) groups excluding carboxylic acids is 1. The Morgan fingerprint density at radius 1 is 1.32 bits per heavy atom. The van der Waals surface area contributed by atoms with Crippen molar-refractivity contribution in [2.75, 3.05) is 0 Å². The quantitative estimate of drug-likeness (QED) is 0.378. The first-order chi connectivity index (χ1) is 11.8. The number of nitrogens with zero attached hydrogens (tertiary/aromatic N) is 1. The van der Waals surface area contributed by atoms with Crippen molar-refractivity contribution in [2.45, 2.75) is 50.5 Å². The lowest BCUT2D eigenvalue weighted by molar-refractivity contribution is -0.384. The molecule has 134 valence electrons. The molecule has 2 atom stereocenters. The third-order valence-corrected chi connectivity index (χ3v) is 6.32. The van der Waals surface area contributed by atoms with Gasteiger partial charge in [0.05, 0.1) is 16.9 Å². The molecule has 0 spiro atoms. The molecule has 7 heteroatoms. The van der Waals surface area contributed by atoms with Crippen LogP contribution in [0.2, 0.25) is 5.02 Å². The molecule has 4 bridgehead atoms. The Balaban J connectivity index is 1.46. The fourth-order valence-electron chi connectivity index (χ4n) is 5.78. The molecular weight excluding hydrogens is 346 g/mol. The number of nitro groups is 1. The standard InChI is InChI=1S/C18H20ClNO5/c19-14-4-13(1-2-15(14)20(23)24)25-16(21)9-17-5-11-3-12(6-17)8-18(22,7-11)10-17/h1-2,4,11-12,22H,3,5-10H2. The Kier molecular flexibility index (Phi) is 3.81. The number of ether oxygens (including phenoxy) is 1. The van der Waals surface area contributed by atoms with Gasteiger partial charge in [0.2, 0.25) is 0 Å². The summed E-state index contributed by atoms with van der Waals surface area (Å²) in [5.41, 5.74) is -0.994. The van der Waals surface area contributed by atoms with Gasteiger partial charge in [-0.1, -0.05) is 11.6 Å². The molecule has 0 aromatic heterocycles. The number of esters is 1. The second kappa shape index (κ2) is 5.68. The maximum Gasteiger partial charge on any atom is 0.311 e. The molecule has 0 heterocycles. The monoisotopic (exact) mass is 365 g/mol. The molecule has 25 heavy (non-hydrogen) atoms. The second-order valence-corrected chi connectivity index (χ2v) is 8.61. The predicted octanol–water partition coefficient (Wildman–Crippen LogP) is 3.88. The summed E-state index contributed by atoms with van der Waals surface area (Å²) in [6.45, 7) is 0. The maximum absolute atomic E-state index is 12.5. The van der Waals surface area contributed by atoms with E-state index in [1.165, 1.54) is 18.2 Å². The third kappa shape index (κ3) is 3.13. The van der Waals surface area contributed by atoms with Crippen molar-refractivity contribution in [1.29, 1.82) is 0 Å². The van der Waals surface area contributed by atoms with Gasteiger partial charge in [-0.25, -0.2) is 0 Å². The van der Waals surface area contributed by atoms with Crippen LogP contribution in [-0.2, 0) is 4.79 Å². The summed E-state index contributed by atoms with van der Waals surface area (Å²) in [5, 5.41) is 21.5. The summed E-state index contributed by atoms with van der Waals surface area (Å²) >= 11 is 5.86. The molecule has 6 nitrogen and oxygen atoms in total. The van der Waals surface area contributed by atoms with Crippen LogP contribution in [0.1, 0.15) is 44.9 Å². The molecule has 4 saturated carbocycles. The summed E-state index contributed by atoms with van der Waals surface area (Å²) in [6.07, 6.45) is 5.78. The molecular formula is C18H20ClNO5. The van der Waals surface area contributed by atoms with E-state index >= 15 is 0 Å². The summed E-state index contributed by atoms with van der Waals surface area (Å²) in [5.74, 6) is 0.861. The van der Waals surface area contributed by atoms with Crippen LogP contribution in [-0.4, -0.2) is 21.6 Å². The van der Waals surface area contributed by atoms with Crippen LogP contribution < -0.4 is 4.74 Å². The van der Waals surface area contributed by atoms with Crippen LogP contribution in [0.15, 0.2) is 18.2 Å². The van der Waals surface area contributed by atoms with Crippen molar-refractivity contribution in [3.8, 4) is 5.75 Å². The zero-order valence-corrected chi connectivity index (χ0v) is 14.5. The molecule has 0 amide bonds. The van der Waals surface area contributed by atoms with Crippen molar-refractivity contribution >= 4 is 23.3 Å². The summed E-state index contributed by atoms with van der Waals surface area (Å²) in [4.78, 5) is 22.7. The van der Waals surface area contributed by atoms with Gasteiger partial charge in [-0.15, -0.1) is 0 Å². The minimum atomic E-state index is -0.610. The van der Waals surface area contributed by atoms with Crippen molar-refractivity contribution in [2.24, 2.45) is 17.3 Å². The largest absolute Gasteiger partial charge is 0.426 e. The Bertz CT molecular complexity index is 735. The SMILES string of the molecule is O=C(CC12CC3CC(CC(O)(C3)C1)C2)Oc1ccc([N+](=O)[O-])c(Cl)c1. The number of nitro benzene ring substituents is 1. The zero-order chi connectivity index (χ0) is 17.8. The first-order valence-corrected chi connectivity index (χ1v) is 9.01. The van der Waals surface area contributed by atoms with Gasteiger partial charge in [0, 0.05) is 12.1 Å². The Hall–Kier alpha value is -1.66. The van der Waals surface area contributed by atoms with E-state index in [2.05, 4.69) is 0 Å². The number of carbonyl (C=O) groups is 1. The highest BCUT2D eigenvalue weighted by atomic mass is 35.5. The first-order valence-electron chi connectivity index (χ1n) is 8.63. The number of hydrogen-bond acceptors (Lipinski definition) is 5. The van der Waals surface area contributed by atoms with Crippen LogP contribution >= 0.6 is 11.6 Å². The molecule has 2 unspecified atom stereocenters. The van der Waals surface area contributed by atoms with E-state index in [1.807, 2.05) is 0 Å². The van der Waals surface area contributed by atoms with Gasteiger partial charge < -0.3 is 9.84 Å². The molecule has 1 aromatic rings. The number of hydrogen-bond donors (Lipinski definition) is 1. The molecule has 1 N–H and O–H groups in total. The molecule has 4 fully saturated rings. The van der Waals surface area contributed by atoms with Crippen molar-refractivity contribution in [3.63, 3.8) is 0 Å². The van der Waals surface area contributed by atoms with E-state index in [4.69, 9.17) is 16.3 Å². The molecule has 1 aromatic carbocycles. The van der Waals surface area contributed by atoms with Crippen molar-refractivity contribution in [1.82, 2.24) is 0 Å². The van der Waals surface area contributed by atoms with E-state index in [0.29, 0.717) is 18.3 Å². The summed E-state index contributed by atoms with van der Waals surface area (Å²) in [7, 11) is 0. The molecule has 5 rings (SSSR count). The van der Waals surface area contributed by atoms with E-state index in [0.717, 1.165) is 32.1 Å². The average Bonchev–Trinajstić information content (AvgIpc) is 2.43. The second-order valence-electron chi connectivity index (χ2n) is 8.21. The van der Waals surface area contributed by atoms with Gasteiger partial charge in [0.15, 0.2) is 0 Å². The Labute approximate surface area is 150 Å². The van der Waals surface area contributed by atoms with Crippen molar-refractivity contribution < 1.29 is 19.6 Å². The topological polar surface area (TPSA) is 89.7 Å². The number of benzene rings is 1.